The fraction of sp³-hybridized carbons (Fsp3) is 0.167. The minimum atomic E-state index is -0.0342. The number of hydrogen-bond acceptors (Lipinski definition) is 1. The largest absolute Gasteiger partial charge is 0.299 e. The van der Waals surface area contributed by atoms with Crippen molar-refractivity contribution in [3.63, 3.8) is 0 Å². The maximum atomic E-state index is 10.7. The van der Waals surface area contributed by atoms with Gasteiger partial charge in [0, 0.05) is 18.5 Å². The van der Waals surface area contributed by atoms with E-state index < -0.39 is 0 Å². The maximum Gasteiger partial charge on any atom is 0.270 e. The summed E-state index contributed by atoms with van der Waals surface area (Å²) in [7, 11) is 0. The van der Waals surface area contributed by atoms with Gasteiger partial charge in [-0.3, -0.25) is 9.89 Å². The van der Waals surface area contributed by atoms with Crippen LogP contribution in [0.1, 0.15) is 6.92 Å². The zero-order valence-corrected chi connectivity index (χ0v) is 5.16. The fourth-order valence-electron chi connectivity index (χ4n) is 0.598. The lowest BCUT2D eigenvalue weighted by molar-refractivity contribution is 0.900. The van der Waals surface area contributed by atoms with Crippen LogP contribution in [0, 0.1) is 0 Å². The molecule has 0 aliphatic rings. The van der Waals surface area contributed by atoms with Crippen molar-refractivity contribution in [1.29, 1.82) is 0 Å². The lowest BCUT2D eigenvalue weighted by Gasteiger charge is -1.85. The predicted molar refractivity (Wildman–Crippen MR) is 36.1 cm³/mol. The number of nitrogens with one attached hydrogen (secondary N) is 1. The Morgan fingerprint density at radius 1 is 1.78 bits per heavy atom. The molecule has 1 rings (SSSR count). The molecule has 1 N–H and O–H groups in total. The molecule has 0 bridgehead atoms. The Morgan fingerprint density at radius 3 is 3.00 bits per heavy atom. The minimum absolute atomic E-state index is 0.0342. The van der Waals surface area contributed by atoms with Crippen LogP contribution in [0.3, 0.4) is 0 Å². The molecule has 9 heavy (non-hydrogen) atoms. The van der Waals surface area contributed by atoms with Crippen molar-refractivity contribution in [3.05, 3.63) is 28.7 Å². The highest BCUT2D eigenvalue weighted by atomic mass is 16.1. The number of allylic oxidation sites excluding steroid dienone is 1. The van der Waals surface area contributed by atoms with Crippen molar-refractivity contribution < 1.29 is 0 Å². The van der Waals surface area contributed by atoms with Crippen LogP contribution < -0.4 is 5.56 Å². The van der Waals surface area contributed by atoms with E-state index in [2.05, 4.69) is 5.10 Å². The van der Waals surface area contributed by atoms with Crippen LogP contribution in [0.5, 0.6) is 0 Å². The van der Waals surface area contributed by atoms with Gasteiger partial charge in [-0.1, -0.05) is 6.08 Å². The lowest BCUT2D eigenvalue weighted by atomic mass is 10.7. The van der Waals surface area contributed by atoms with E-state index in [0.717, 1.165) is 0 Å². The average Bonchev–Trinajstić information content (AvgIpc) is 2.18. The molecule has 0 spiro atoms. The van der Waals surface area contributed by atoms with Gasteiger partial charge in [-0.05, 0) is 6.92 Å². The Balaban J connectivity index is 3.08. The van der Waals surface area contributed by atoms with Gasteiger partial charge in [0.15, 0.2) is 0 Å². The molecule has 0 amide bonds. The molecule has 0 aliphatic carbocycles. The van der Waals surface area contributed by atoms with E-state index in [0.29, 0.717) is 0 Å². The highest BCUT2D eigenvalue weighted by Crippen LogP contribution is 1.75. The first kappa shape index (κ1) is 5.88. The van der Waals surface area contributed by atoms with E-state index in [-0.39, 0.29) is 5.56 Å². The third-order valence-corrected chi connectivity index (χ3v) is 0.975. The van der Waals surface area contributed by atoms with E-state index in [1.807, 2.05) is 6.92 Å². The molecule has 48 valence electrons. The number of rotatable bonds is 1. The van der Waals surface area contributed by atoms with E-state index in [9.17, 15) is 4.79 Å². The van der Waals surface area contributed by atoms with E-state index in [4.69, 9.17) is 0 Å². The van der Waals surface area contributed by atoms with Crippen molar-refractivity contribution in [2.75, 3.05) is 0 Å². The van der Waals surface area contributed by atoms with Crippen molar-refractivity contribution in [2.45, 2.75) is 6.92 Å². The summed E-state index contributed by atoms with van der Waals surface area (Å²) in [6.45, 7) is 1.85. The van der Waals surface area contributed by atoms with Gasteiger partial charge < -0.3 is 0 Å². The molecule has 3 heteroatoms. The summed E-state index contributed by atoms with van der Waals surface area (Å²) in [4.78, 5) is 10.7. The number of hydrogen-bond donors (Lipinski definition) is 1. The number of aromatic amines is 1. The molecule has 1 aromatic rings. The molecule has 0 aliphatic heterocycles. The van der Waals surface area contributed by atoms with Gasteiger partial charge in [-0.25, -0.2) is 4.68 Å². The number of nitrogens with zero attached hydrogens (tertiary/aromatic N) is 1. The van der Waals surface area contributed by atoms with Crippen molar-refractivity contribution in [2.24, 2.45) is 0 Å². The van der Waals surface area contributed by atoms with Crippen molar-refractivity contribution in [3.8, 4) is 0 Å². The molecule has 0 radical (unpaired) electrons. The Bertz CT molecular complexity index is 256. The molecular formula is C6H8N2O. The van der Waals surface area contributed by atoms with Gasteiger partial charge in [0.25, 0.3) is 5.56 Å². The van der Waals surface area contributed by atoms with E-state index in [1.54, 1.807) is 18.5 Å². The lowest BCUT2D eigenvalue weighted by Crippen LogP contribution is -2.08. The first-order valence-electron chi connectivity index (χ1n) is 2.73. The topological polar surface area (TPSA) is 37.8 Å². The van der Waals surface area contributed by atoms with Gasteiger partial charge in [0.1, 0.15) is 0 Å². The van der Waals surface area contributed by atoms with Gasteiger partial charge in [0.2, 0.25) is 0 Å². The maximum absolute atomic E-state index is 10.7. The standard InChI is InChI=1S/C6H8N2O/c1-2-5-8-6(9)3-4-7-8/h2-5,7H,1H3/b5-2-. The molecule has 1 heterocycles. The van der Waals surface area contributed by atoms with Gasteiger partial charge in [0.05, 0.1) is 0 Å². The molecule has 0 fully saturated rings. The van der Waals surface area contributed by atoms with Crippen molar-refractivity contribution in [1.82, 2.24) is 9.78 Å². The molecule has 0 saturated heterocycles. The summed E-state index contributed by atoms with van der Waals surface area (Å²) >= 11 is 0. The molecule has 3 nitrogen and oxygen atoms in total. The smallest absolute Gasteiger partial charge is 0.270 e. The van der Waals surface area contributed by atoms with Crippen LogP contribution in [0.25, 0.3) is 6.20 Å². The molecule has 1 aromatic heterocycles. The summed E-state index contributed by atoms with van der Waals surface area (Å²) in [5.41, 5.74) is -0.0342. The minimum Gasteiger partial charge on any atom is -0.299 e. The first-order chi connectivity index (χ1) is 4.34. The quantitative estimate of drug-likeness (QED) is 0.587. The third-order valence-electron chi connectivity index (χ3n) is 0.975. The summed E-state index contributed by atoms with van der Waals surface area (Å²) in [5.74, 6) is 0. The zero-order valence-electron chi connectivity index (χ0n) is 5.16. The molecule has 0 saturated carbocycles. The molecule has 0 aromatic carbocycles. The highest BCUT2D eigenvalue weighted by molar-refractivity contribution is 5.17. The van der Waals surface area contributed by atoms with Gasteiger partial charge >= 0.3 is 0 Å². The van der Waals surface area contributed by atoms with Crippen molar-refractivity contribution >= 4 is 6.20 Å². The monoisotopic (exact) mass is 124 g/mol. The summed E-state index contributed by atoms with van der Waals surface area (Å²) in [5, 5.41) is 2.72. The van der Waals surface area contributed by atoms with Crippen LogP contribution in [0.4, 0.5) is 0 Å². The summed E-state index contributed by atoms with van der Waals surface area (Å²) < 4.78 is 1.40. The highest BCUT2D eigenvalue weighted by Gasteiger charge is 1.85. The number of aromatic nitrogens is 2. The van der Waals surface area contributed by atoms with Gasteiger partial charge in [-0.15, -0.1) is 0 Å². The Kier molecular flexibility index (Phi) is 1.53. The average molecular weight is 124 g/mol. The van der Waals surface area contributed by atoms with Crippen LogP contribution in [0.15, 0.2) is 23.1 Å². The molecule has 0 unspecified atom stereocenters. The number of H-pyrrole nitrogens is 1. The van der Waals surface area contributed by atoms with Crippen LogP contribution in [-0.2, 0) is 0 Å². The second-order valence-electron chi connectivity index (χ2n) is 1.65. The fourth-order valence-corrected chi connectivity index (χ4v) is 0.598. The molecule has 0 atom stereocenters. The summed E-state index contributed by atoms with van der Waals surface area (Å²) in [6, 6.07) is 1.47. The summed E-state index contributed by atoms with van der Waals surface area (Å²) in [6.07, 6.45) is 5.06. The van der Waals surface area contributed by atoms with E-state index >= 15 is 0 Å². The Morgan fingerprint density at radius 2 is 2.56 bits per heavy atom. The Hall–Kier alpha value is -1.25. The van der Waals surface area contributed by atoms with Gasteiger partial charge in [-0.2, -0.15) is 0 Å². The van der Waals surface area contributed by atoms with Crippen LogP contribution >= 0.6 is 0 Å². The predicted octanol–water partition coefficient (Wildman–Crippen LogP) is 0.667. The van der Waals surface area contributed by atoms with Crippen LogP contribution in [-0.4, -0.2) is 9.78 Å². The SMILES string of the molecule is C/C=C\n1[nH]ccc1=O. The third kappa shape index (κ3) is 1.10. The normalized spacial score (nSPS) is 10.8. The molecular weight excluding hydrogens is 116 g/mol. The second kappa shape index (κ2) is 2.35. The van der Waals surface area contributed by atoms with E-state index in [1.165, 1.54) is 10.7 Å². The second-order valence-corrected chi connectivity index (χ2v) is 1.65. The Labute approximate surface area is 52.6 Å². The van der Waals surface area contributed by atoms with Crippen LogP contribution in [0.2, 0.25) is 0 Å². The zero-order chi connectivity index (χ0) is 6.69. The first-order valence-corrected chi connectivity index (χ1v) is 2.73.